The average Bonchev–Trinajstić information content (AvgIpc) is 3.61. The number of nitrogens with zero attached hydrogens (tertiary/aromatic N) is 3. The molecule has 2 aliphatic rings. The van der Waals surface area contributed by atoms with Gasteiger partial charge in [-0.05, 0) is 36.1 Å². The Kier molecular flexibility index (Phi) is 6.69. The van der Waals surface area contributed by atoms with Crippen LogP contribution in [-0.2, 0) is 27.1 Å². The quantitative estimate of drug-likeness (QED) is 0.626. The summed E-state index contributed by atoms with van der Waals surface area (Å²) in [5.41, 5.74) is 1.75. The van der Waals surface area contributed by atoms with Gasteiger partial charge in [-0.1, -0.05) is 42.5 Å². The molecule has 2 fully saturated rings. The molecular formula is C23H28FN3O3S. The number of hydrogen-bond donors (Lipinski definition) is 0. The van der Waals surface area contributed by atoms with Crippen molar-refractivity contribution in [2.24, 2.45) is 0 Å². The zero-order chi connectivity index (χ0) is 21.8. The normalized spacial score (nSPS) is 17.8. The molecule has 1 amide bonds. The second-order valence-electron chi connectivity index (χ2n) is 8.28. The van der Waals surface area contributed by atoms with Crippen molar-refractivity contribution in [3.8, 4) is 0 Å². The van der Waals surface area contributed by atoms with Gasteiger partial charge in [-0.3, -0.25) is 9.69 Å². The molecule has 1 aliphatic heterocycles. The molecule has 0 atom stereocenters. The molecule has 6 nitrogen and oxygen atoms in total. The van der Waals surface area contributed by atoms with Gasteiger partial charge in [0.15, 0.2) is 0 Å². The molecular weight excluding hydrogens is 417 g/mol. The number of piperazine rings is 1. The van der Waals surface area contributed by atoms with Gasteiger partial charge in [0, 0.05) is 38.8 Å². The molecule has 0 spiro atoms. The van der Waals surface area contributed by atoms with E-state index >= 15 is 0 Å². The molecule has 1 heterocycles. The SMILES string of the molecule is O=C(CN(Cc1ccc(F)cc1)C1CC1)N1CCN(S(=O)(=O)Cc2ccccc2)CC1. The van der Waals surface area contributed by atoms with Crippen molar-refractivity contribution in [2.75, 3.05) is 32.7 Å². The van der Waals surface area contributed by atoms with Crippen molar-refractivity contribution in [3.63, 3.8) is 0 Å². The van der Waals surface area contributed by atoms with Crippen molar-refractivity contribution < 1.29 is 17.6 Å². The summed E-state index contributed by atoms with van der Waals surface area (Å²) in [7, 11) is -3.40. The number of carbonyl (C=O) groups is 1. The summed E-state index contributed by atoms with van der Waals surface area (Å²) in [6, 6.07) is 15.9. The van der Waals surface area contributed by atoms with Gasteiger partial charge in [0.05, 0.1) is 12.3 Å². The molecule has 0 bridgehead atoms. The van der Waals surface area contributed by atoms with Crippen LogP contribution in [0.25, 0.3) is 0 Å². The number of sulfonamides is 1. The van der Waals surface area contributed by atoms with Crippen LogP contribution in [0.4, 0.5) is 4.39 Å². The highest BCUT2D eigenvalue weighted by Crippen LogP contribution is 2.28. The minimum Gasteiger partial charge on any atom is -0.339 e. The summed E-state index contributed by atoms with van der Waals surface area (Å²) in [5.74, 6) is -0.262. The topological polar surface area (TPSA) is 60.9 Å². The van der Waals surface area contributed by atoms with Gasteiger partial charge in [-0.15, -0.1) is 0 Å². The molecule has 166 valence electrons. The van der Waals surface area contributed by atoms with E-state index in [4.69, 9.17) is 0 Å². The summed E-state index contributed by atoms with van der Waals surface area (Å²) in [5, 5.41) is 0. The molecule has 31 heavy (non-hydrogen) atoms. The van der Waals surface area contributed by atoms with E-state index in [0.29, 0.717) is 45.3 Å². The highest BCUT2D eigenvalue weighted by molar-refractivity contribution is 7.88. The fraction of sp³-hybridized carbons (Fsp3) is 0.435. The molecule has 1 saturated heterocycles. The van der Waals surface area contributed by atoms with Crippen LogP contribution in [0, 0.1) is 5.82 Å². The highest BCUT2D eigenvalue weighted by atomic mass is 32.2. The van der Waals surface area contributed by atoms with Crippen molar-refractivity contribution in [1.29, 1.82) is 0 Å². The van der Waals surface area contributed by atoms with Crippen LogP contribution in [0.2, 0.25) is 0 Å². The Morgan fingerprint density at radius 3 is 2.19 bits per heavy atom. The van der Waals surface area contributed by atoms with Gasteiger partial charge < -0.3 is 4.90 Å². The summed E-state index contributed by atoms with van der Waals surface area (Å²) in [4.78, 5) is 16.8. The van der Waals surface area contributed by atoms with Gasteiger partial charge in [0.1, 0.15) is 5.82 Å². The van der Waals surface area contributed by atoms with Crippen LogP contribution in [0.5, 0.6) is 0 Å². The molecule has 1 saturated carbocycles. The predicted octanol–water partition coefficient (Wildman–Crippen LogP) is 2.46. The maximum Gasteiger partial charge on any atom is 0.236 e. The van der Waals surface area contributed by atoms with E-state index in [0.717, 1.165) is 24.0 Å². The zero-order valence-electron chi connectivity index (χ0n) is 17.5. The Hall–Kier alpha value is -2.29. The third-order valence-electron chi connectivity index (χ3n) is 5.88. The van der Waals surface area contributed by atoms with Crippen LogP contribution in [0.15, 0.2) is 54.6 Å². The Bertz CT molecular complexity index is 986. The van der Waals surface area contributed by atoms with E-state index in [1.807, 2.05) is 30.3 Å². The number of hydrogen-bond acceptors (Lipinski definition) is 4. The minimum absolute atomic E-state index is 0.0189. The van der Waals surface area contributed by atoms with Crippen LogP contribution in [0.1, 0.15) is 24.0 Å². The largest absolute Gasteiger partial charge is 0.339 e. The highest BCUT2D eigenvalue weighted by Gasteiger charge is 2.33. The monoisotopic (exact) mass is 445 g/mol. The fourth-order valence-corrected chi connectivity index (χ4v) is 5.46. The Morgan fingerprint density at radius 1 is 0.935 bits per heavy atom. The number of carbonyl (C=O) groups excluding carboxylic acids is 1. The first-order chi connectivity index (χ1) is 14.9. The van der Waals surface area contributed by atoms with Crippen LogP contribution in [0.3, 0.4) is 0 Å². The van der Waals surface area contributed by atoms with Gasteiger partial charge in [0.2, 0.25) is 15.9 Å². The second-order valence-corrected chi connectivity index (χ2v) is 10.3. The first-order valence-corrected chi connectivity index (χ1v) is 12.3. The van der Waals surface area contributed by atoms with Gasteiger partial charge in [-0.2, -0.15) is 4.31 Å². The van der Waals surface area contributed by atoms with Gasteiger partial charge in [-0.25, -0.2) is 12.8 Å². The van der Waals surface area contributed by atoms with Crippen molar-refractivity contribution >= 4 is 15.9 Å². The lowest BCUT2D eigenvalue weighted by atomic mass is 10.2. The molecule has 0 radical (unpaired) electrons. The van der Waals surface area contributed by atoms with Crippen molar-refractivity contribution in [3.05, 3.63) is 71.5 Å². The lowest BCUT2D eigenvalue weighted by molar-refractivity contribution is -0.133. The van der Waals surface area contributed by atoms with E-state index in [1.54, 1.807) is 17.0 Å². The average molecular weight is 446 g/mol. The molecule has 1 aliphatic carbocycles. The van der Waals surface area contributed by atoms with E-state index < -0.39 is 10.0 Å². The first kappa shape index (κ1) is 21.9. The molecule has 2 aromatic carbocycles. The molecule has 4 rings (SSSR count). The minimum atomic E-state index is -3.40. The lowest BCUT2D eigenvalue weighted by Crippen LogP contribution is -2.52. The molecule has 0 N–H and O–H groups in total. The standard InChI is InChI=1S/C23H28FN3O3S/c24-21-8-6-19(7-9-21)16-26(22-10-11-22)17-23(28)25-12-14-27(15-13-25)31(29,30)18-20-4-2-1-3-5-20/h1-9,22H,10-18H2. The Labute approximate surface area is 183 Å². The van der Waals surface area contributed by atoms with E-state index in [2.05, 4.69) is 4.90 Å². The predicted molar refractivity (Wildman–Crippen MR) is 117 cm³/mol. The third-order valence-corrected chi connectivity index (χ3v) is 7.73. The second kappa shape index (κ2) is 9.46. The van der Waals surface area contributed by atoms with E-state index in [9.17, 15) is 17.6 Å². The third kappa shape index (κ3) is 5.90. The lowest BCUT2D eigenvalue weighted by Gasteiger charge is -2.35. The summed E-state index contributed by atoms with van der Waals surface area (Å²) in [6.07, 6.45) is 2.14. The number of benzene rings is 2. The number of amides is 1. The molecule has 8 heteroatoms. The Morgan fingerprint density at radius 2 is 1.58 bits per heavy atom. The van der Waals surface area contributed by atoms with Crippen LogP contribution in [-0.4, -0.2) is 67.2 Å². The van der Waals surface area contributed by atoms with Crippen LogP contribution >= 0.6 is 0 Å². The molecule has 0 unspecified atom stereocenters. The van der Waals surface area contributed by atoms with E-state index in [1.165, 1.54) is 16.4 Å². The number of halogens is 1. The summed E-state index contributed by atoms with van der Waals surface area (Å²) in [6.45, 7) is 2.37. The maximum atomic E-state index is 13.2. The first-order valence-electron chi connectivity index (χ1n) is 10.7. The van der Waals surface area contributed by atoms with Gasteiger partial charge in [0.25, 0.3) is 0 Å². The maximum absolute atomic E-state index is 13.2. The molecule has 0 aromatic heterocycles. The summed E-state index contributed by atoms with van der Waals surface area (Å²) < 4.78 is 40.1. The van der Waals surface area contributed by atoms with Crippen molar-refractivity contribution in [1.82, 2.24) is 14.1 Å². The smallest absolute Gasteiger partial charge is 0.236 e. The number of rotatable bonds is 8. The summed E-state index contributed by atoms with van der Waals surface area (Å²) >= 11 is 0. The zero-order valence-corrected chi connectivity index (χ0v) is 18.3. The molecule has 2 aromatic rings. The van der Waals surface area contributed by atoms with E-state index in [-0.39, 0.29) is 17.5 Å². The van der Waals surface area contributed by atoms with Crippen LogP contribution < -0.4 is 0 Å². The van der Waals surface area contributed by atoms with Crippen molar-refractivity contribution in [2.45, 2.75) is 31.2 Å². The Balaban J connectivity index is 1.30. The van der Waals surface area contributed by atoms with Gasteiger partial charge >= 0.3 is 0 Å². The fourth-order valence-electron chi connectivity index (χ4n) is 3.94.